The third kappa shape index (κ3) is 7.68. The van der Waals surface area contributed by atoms with E-state index in [2.05, 4.69) is 10.0 Å². The zero-order valence-corrected chi connectivity index (χ0v) is 18.7. The molecule has 0 fully saturated rings. The maximum Gasteiger partial charge on any atom is 0.221 e. The fraction of sp³-hybridized carbons (Fsp3) is 0.409. The average Bonchev–Trinajstić information content (AvgIpc) is 2.70. The molecular weight excluding hydrogens is 404 g/mol. The first-order chi connectivity index (χ1) is 14.2. The van der Waals surface area contributed by atoms with Crippen molar-refractivity contribution in [3.63, 3.8) is 0 Å². The molecule has 0 bridgehead atoms. The molecule has 30 heavy (non-hydrogen) atoms. The topological polar surface area (TPSA) is 93.7 Å². The Morgan fingerprint density at radius 3 is 1.87 bits per heavy atom. The molecule has 8 heteroatoms. The zero-order valence-electron chi connectivity index (χ0n) is 17.8. The number of anilines is 1. The highest BCUT2D eigenvalue weighted by Gasteiger charge is 2.17. The van der Waals surface area contributed by atoms with Gasteiger partial charge in [-0.25, -0.2) is 13.1 Å². The summed E-state index contributed by atoms with van der Waals surface area (Å²) >= 11 is 0. The van der Waals surface area contributed by atoms with Crippen LogP contribution in [0.5, 0.6) is 11.5 Å². The summed E-state index contributed by atoms with van der Waals surface area (Å²) < 4.78 is 37.7. The molecule has 0 aliphatic heterocycles. The van der Waals surface area contributed by atoms with Gasteiger partial charge in [-0.15, -0.1) is 0 Å². The van der Waals surface area contributed by atoms with E-state index >= 15 is 0 Å². The summed E-state index contributed by atoms with van der Waals surface area (Å²) in [4.78, 5) is 11.0. The summed E-state index contributed by atoms with van der Waals surface area (Å²) in [6.45, 7) is 7.88. The Labute approximate surface area is 178 Å². The predicted molar refractivity (Wildman–Crippen MR) is 119 cm³/mol. The lowest BCUT2D eigenvalue weighted by Crippen LogP contribution is -2.33. The second-order valence-corrected chi connectivity index (χ2v) is 9.64. The number of sulfonamides is 1. The Balaban J connectivity index is 1.74. The van der Waals surface area contributed by atoms with Crippen molar-refractivity contribution in [3.8, 4) is 11.5 Å². The highest BCUT2D eigenvalue weighted by Crippen LogP contribution is 2.20. The zero-order chi connectivity index (χ0) is 22.1. The van der Waals surface area contributed by atoms with Crippen LogP contribution in [-0.2, 0) is 14.8 Å². The molecule has 0 aliphatic rings. The second kappa shape index (κ2) is 11.0. The molecule has 1 amide bonds. The summed E-state index contributed by atoms with van der Waals surface area (Å²) in [5.41, 5.74) is 1.75. The quantitative estimate of drug-likeness (QED) is 0.528. The van der Waals surface area contributed by atoms with Crippen molar-refractivity contribution < 1.29 is 22.7 Å². The van der Waals surface area contributed by atoms with Gasteiger partial charge in [0.2, 0.25) is 15.9 Å². The van der Waals surface area contributed by atoms with E-state index in [0.29, 0.717) is 25.5 Å². The van der Waals surface area contributed by atoms with Gasteiger partial charge in [-0.1, -0.05) is 19.1 Å². The van der Waals surface area contributed by atoms with Gasteiger partial charge in [-0.05, 0) is 61.7 Å². The van der Waals surface area contributed by atoms with Crippen LogP contribution in [0.4, 0.5) is 5.69 Å². The molecule has 164 valence electrons. The van der Waals surface area contributed by atoms with Gasteiger partial charge in [0.15, 0.2) is 0 Å². The minimum Gasteiger partial charge on any atom is -0.490 e. The summed E-state index contributed by atoms with van der Waals surface area (Å²) in [6.07, 6.45) is 0. The number of ether oxygens (including phenoxy) is 2. The Kier molecular flexibility index (Phi) is 8.68. The molecule has 0 saturated carbocycles. The fourth-order valence-corrected chi connectivity index (χ4v) is 3.39. The molecule has 0 aliphatic carbocycles. The first-order valence-corrected chi connectivity index (χ1v) is 11.4. The largest absolute Gasteiger partial charge is 0.490 e. The van der Waals surface area contributed by atoms with E-state index in [1.54, 1.807) is 38.1 Å². The molecule has 1 unspecified atom stereocenters. The minimum atomic E-state index is -3.26. The molecule has 2 aromatic rings. The number of rotatable bonds is 11. The number of amides is 1. The van der Waals surface area contributed by atoms with Crippen LogP contribution in [0.2, 0.25) is 0 Å². The lowest BCUT2D eigenvalue weighted by atomic mass is 10.0. The van der Waals surface area contributed by atoms with Crippen LogP contribution < -0.4 is 19.5 Å². The summed E-state index contributed by atoms with van der Waals surface area (Å²) in [5.74, 6) is 1.35. The number of carbonyl (C=O) groups is 1. The number of hydrogen-bond donors (Lipinski definition) is 2. The van der Waals surface area contributed by atoms with E-state index in [1.165, 1.54) is 6.92 Å². The maximum atomic E-state index is 11.9. The van der Waals surface area contributed by atoms with Crippen molar-refractivity contribution in [2.45, 2.75) is 38.9 Å². The fourth-order valence-electron chi connectivity index (χ4n) is 2.58. The lowest BCUT2D eigenvalue weighted by molar-refractivity contribution is -0.114. The van der Waals surface area contributed by atoms with E-state index in [1.807, 2.05) is 31.2 Å². The van der Waals surface area contributed by atoms with Crippen LogP contribution in [0, 0.1) is 0 Å². The van der Waals surface area contributed by atoms with Gasteiger partial charge in [-0.3, -0.25) is 4.79 Å². The summed E-state index contributed by atoms with van der Waals surface area (Å²) in [6, 6.07) is 14.7. The van der Waals surface area contributed by atoms with E-state index in [9.17, 15) is 13.2 Å². The third-order valence-corrected chi connectivity index (χ3v) is 6.27. The Morgan fingerprint density at radius 1 is 0.900 bits per heavy atom. The number of benzene rings is 2. The standard InChI is InChI=1S/C22H30N2O5S/c1-16(2)30(26,27)23-15-17(3)19-5-9-21(10-6-19)28-13-14-29-22-11-7-20(8-12-22)24-18(4)25/h5-12,16-17,23H,13-15H2,1-4H3,(H,24,25). The molecule has 0 heterocycles. The van der Waals surface area contributed by atoms with E-state index in [4.69, 9.17) is 9.47 Å². The van der Waals surface area contributed by atoms with Gasteiger partial charge < -0.3 is 14.8 Å². The molecule has 2 aromatic carbocycles. The van der Waals surface area contributed by atoms with Gasteiger partial charge in [0, 0.05) is 19.2 Å². The monoisotopic (exact) mass is 434 g/mol. The van der Waals surface area contributed by atoms with E-state index in [-0.39, 0.29) is 11.8 Å². The molecule has 1 atom stereocenters. The molecule has 0 spiro atoms. The van der Waals surface area contributed by atoms with Crippen LogP contribution >= 0.6 is 0 Å². The van der Waals surface area contributed by atoms with E-state index in [0.717, 1.165) is 17.0 Å². The van der Waals surface area contributed by atoms with Crippen LogP contribution in [-0.4, -0.2) is 39.3 Å². The van der Waals surface area contributed by atoms with Gasteiger partial charge >= 0.3 is 0 Å². The maximum absolute atomic E-state index is 11.9. The normalized spacial score (nSPS) is 12.4. The number of hydrogen-bond acceptors (Lipinski definition) is 5. The number of nitrogens with one attached hydrogen (secondary N) is 2. The van der Waals surface area contributed by atoms with Gasteiger partial charge in [-0.2, -0.15) is 0 Å². The van der Waals surface area contributed by atoms with Gasteiger partial charge in [0.05, 0.1) is 5.25 Å². The smallest absolute Gasteiger partial charge is 0.221 e. The molecule has 2 N–H and O–H groups in total. The Bertz CT molecular complexity index is 910. The van der Waals surface area contributed by atoms with Crippen molar-refractivity contribution in [3.05, 3.63) is 54.1 Å². The van der Waals surface area contributed by atoms with Crippen molar-refractivity contribution >= 4 is 21.6 Å². The molecule has 0 saturated heterocycles. The van der Waals surface area contributed by atoms with Crippen molar-refractivity contribution in [1.29, 1.82) is 0 Å². The Morgan fingerprint density at radius 2 is 1.40 bits per heavy atom. The summed E-state index contributed by atoms with van der Waals surface area (Å²) in [7, 11) is -3.26. The van der Waals surface area contributed by atoms with Crippen molar-refractivity contribution in [2.75, 3.05) is 25.1 Å². The van der Waals surface area contributed by atoms with Crippen LogP contribution in [0.3, 0.4) is 0 Å². The van der Waals surface area contributed by atoms with Crippen molar-refractivity contribution in [1.82, 2.24) is 4.72 Å². The Hall–Kier alpha value is -2.58. The van der Waals surface area contributed by atoms with Gasteiger partial charge in [0.25, 0.3) is 0 Å². The van der Waals surface area contributed by atoms with Crippen LogP contribution in [0.25, 0.3) is 0 Å². The molecule has 2 rings (SSSR count). The average molecular weight is 435 g/mol. The van der Waals surface area contributed by atoms with Crippen molar-refractivity contribution in [2.24, 2.45) is 0 Å². The third-order valence-electron chi connectivity index (χ3n) is 4.46. The molecular formula is C22H30N2O5S. The SMILES string of the molecule is CC(=O)Nc1ccc(OCCOc2ccc(C(C)CNS(=O)(=O)C(C)C)cc2)cc1. The number of carbonyl (C=O) groups excluding carboxylic acids is 1. The first kappa shape index (κ1) is 23.7. The highest BCUT2D eigenvalue weighted by molar-refractivity contribution is 7.90. The lowest BCUT2D eigenvalue weighted by Gasteiger charge is -2.15. The van der Waals surface area contributed by atoms with Crippen LogP contribution in [0.1, 0.15) is 39.2 Å². The molecule has 0 aromatic heterocycles. The second-order valence-electron chi connectivity index (χ2n) is 7.31. The van der Waals surface area contributed by atoms with E-state index < -0.39 is 15.3 Å². The molecule has 0 radical (unpaired) electrons. The predicted octanol–water partition coefficient (Wildman–Crippen LogP) is 3.53. The minimum absolute atomic E-state index is 0.0522. The molecule has 7 nitrogen and oxygen atoms in total. The summed E-state index contributed by atoms with van der Waals surface area (Å²) in [5, 5.41) is 2.25. The highest BCUT2D eigenvalue weighted by atomic mass is 32.2. The van der Waals surface area contributed by atoms with Crippen LogP contribution in [0.15, 0.2) is 48.5 Å². The first-order valence-electron chi connectivity index (χ1n) is 9.89. The van der Waals surface area contributed by atoms with Gasteiger partial charge in [0.1, 0.15) is 24.7 Å².